The van der Waals surface area contributed by atoms with Crippen molar-refractivity contribution in [3.63, 3.8) is 0 Å². The quantitative estimate of drug-likeness (QED) is 0.610. The normalized spacial score (nSPS) is 10.7. The third kappa shape index (κ3) is 4.67. The molecule has 6 nitrogen and oxygen atoms in total. The smallest absolute Gasteiger partial charge is 0.226 e. The molecule has 1 amide bonds. The summed E-state index contributed by atoms with van der Waals surface area (Å²) in [5, 5.41) is 14.0. The molecular weight excluding hydrogens is 386 g/mol. The van der Waals surface area contributed by atoms with Crippen molar-refractivity contribution in [2.45, 2.75) is 10.8 Å². The van der Waals surface area contributed by atoms with Gasteiger partial charge in [-0.3, -0.25) is 4.79 Å². The van der Waals surface area contributed by atoms with E-state index in [2.05, 4.69) is 20.5 Å². The molecule has 0 fully saturated rings. The Morgan fingerprint density at radius 1 is 1.29 bits per heavy atom. The highest BCUT2D eigenvalue weighted by molar-refractivity contribution is 8.01. The Morgan fingerprint density at radius 3 is 2.79 bits per heavy atom. The molecule has 124 valence electrons. The summed E-state index contributed by atoms with van der Waals surface area (Å²) in [6.07, 6.45) is 0.361. The molecule has 0 radical (unpaired) electrons. The minimum absolute atomic E-state index is 0.0861. The number of thiazole rings is 1. The number of aromatic nitrogens is 3. The second-order valence-electron chi connectivity index (χ2n) is 4.60. The first-order chi connectivity index (χ1) is 11.6. The van der Waals surface area contributed by atoms with Gasteiger partial charge in [0.05, 0.1) is 5.69 Å². The van der Waals surface area contributed by atoms with Crippen LogP contribution in [0.1, 0.15) is 6.42 Å². The van der Waals surface area contributed by atoms with Crippen LogP contribution in [0.15, 0.2) is 34.0 Å². The molecule has 0 bridgehead atoms. The highest BCUT2D eigenvalue weighted by atomic mass is 35.5. The molecule has 2 aromatic heterocycles. The van der Waals surface area contributed by atoms with Gasteiger partial charge in [0.15, 0.2) is 9.47 Å². The van der Waals surface area contributed by atoms with E-state index in [1.54, 1.807) is 0 Å². The molecule has 2 heterocycles. The molecule has 0 unspecified atom stereocenters. The van der Waals surface area contributed by atoms with Gasteiger partial charge in [-0.2, -0.15) is 0 Å². The summed E-state index contributed by atoms with van der Waals surface area (Å²) in [5.74, 6) is 0.521. The number of nitrogens with two attached hydrogens (primary N) is 1. The largest absolute Gasteiger partial charge is 0.374 e. The van der Waals surface area contributed by atoms with Crippen LogP contribution in [-0.2, 0) is 4.79 Å². The number of hydrogen-bond acceptors (Lipinski definition) is 8. The number of carbonyl (C=O) groups excluding carboxylic acids is 1. The molecule has 0 saturated carbocycles. The van der Waals surface area contributed by atoms with Gasteiger partial charge in [0.2, 0.25) is 11.0 Å². The van der Waals surface area contributed by atoms with E-state index in [-0.39, 0.29) is 5.91 Å². The lowest BCUT2D eigenvalue weighted by atomic mass is 10.2. The molecule has 0 saturated heterocycles. The lowest BCUT2D eigenvalue weighted by molar-refractivity contribution is -0.115. The van der Waals surface area contributed by atoms with E-state index < -0.39 is 0 Å². The SMILES string of the molecule is Nc1nnc(SCCC(=O)Nc2nc(-c3ccc(Cl)cc3)cs2)s1. The minimum atomic E-state index is -0.0861. The van der Waals surface area contributed by atoms with Crippen LogP contribution in [0, 0.1) is 0 Å². The van der Waals surface area contributed by atoms with Crippen LogP contribution in [0.2, 0.25) is 5.02 Å². The molecule has 3 N–H and O–H groups in total. The summed E-state index contributed by atoms with van der Waals surface area (Å²) < 4.78 is 0.763. The molecular formula is C14H12ClN5OS3. The summed E-state index contributed by atoms with van der Waals surface area (Å²) in [4.78, 5) is 16.4. The van der Waals surface area contributed by atoms with Gasteiger partial charge in [-0.15, -0.1) is 21.5 Å². The second kappa shape index (κ2) is 7.93. The third-order valence-electron chi connectivity index (χ3n) is 2.87. The number of rotatable bonds is 6. The fourth-order valence-electron chi connectivity index (χ4n) is 1.78. The Morgan fingerprint density at radius 2 is 2.08 bits per heavy atom. The maximum Gasteiger partial charge on any atom is 0.226 e. The van der Waals surface area contributed by atoms with Crippen molar-refractivity contribution in [2.24, 2.45) is 0 Å². The number of nitrogens with zero attached hydrogens (tertiary/aromatic N) is 3. The fourth-order valence-corrected chi connectivity index (χ4v) is 4.28. The summed E-state index contributed by atoms with van der Waals surface area (Å²) in [6.45, 7) is 0. The molecule has 10 heteroatoms. The van der Waals surface area contributed by atoms with E-state index in [4.69, 9.17) is 17.3 Å². The number of carbonyl (C=O) groups is 1. The van der Waals surface area contributed by atoms with Crippen LogP contribution in [0.4, 0.5) is 10.3 Å². The van der Waals surface area contributed by atoms with E-state index in [0.717, 1.165) is 15.6 Å². The van der Waals surface area contributed by atoms with E-state index in [9.17, 15) is 4.79 Å². The molecule has 0 aliphatic carbocycles. The van der Waals surface area contributed by atoms with Crippen LogP contribution in [0.3, 0.4) is 0 Å². The number of hydrogen-bond donors (Lipinski definition) is 2. The number of thioether (sulfide) groups is 1. The summed E-state index contributed by atoms with van der Waals surface area (Å²) in [7, 11) is 0. The zero-order valence-electron chi connectivity index (χ0n) is 12.2. The number of amides is 1. The van der Waals surface area contributed by atoms with Crippen LogP contribution < -0.4 is 11.1 Å². The minimum Gasteiger partial charge on any atom is -0.374 e. The van der Waals surface area contributed by atoms with Gasteiger partial charge < -0.3 is 11.1 Å². The van der Waals surface area contributed by atoms with Gasteiger partial charge in [-0.1, -0.05) is 46.8 Å². The third-order valence-corrected chi connectivity index (χ3v) is 5.76. The first-order valence-corrected chi connectivity index (χ1v) is 9.89. The molecule has 0 aliphatic rings. The maximum absolute atomic E-state index is 12.0. The average molecular weight is 398 g/mol. The molecule has 3 aromatic rings. The van der Waals surface area contributed by atoms with Crippen molar-refractivity contribution < 1.29 is 4.79 Å². The molecule has 3 rings (SSSR count). The standard InChI is InChI=1S/C14H12ClN5OS3/c15-9-3-1-8(2-4-9)10-7-23-13(17-10)18-11(21)5-6-22-14-20-19-12(16)24-14/h1-4,7H,5-6H2,(H2,16,19)(H,17,18,21). The highest BCUT2D eigenvalue weighted by Crippen LogP contribution is 2.27. The highest BCUT2D eigenvalue weighted by Gasteiger charge is 2.09. The zero-order valence-corrected chi connectivity index (χ0v) is 15.4. The van der Waals surface area contributed by atoms with Crippen LogP contribution in [0.5, 0.6) is 0 Å². The molecule has 24 heavy (non-hydrogen) atoms. The van der Waals surface area contributed by atoms with Gasteiger partial charge in [0, 0.05) is 28.1 Å². The summed E-state index contributed by atoms with van der Waals surface area (Å²) in [5.41, 5.74) is 7.28. The number of anilines is 2. The van der Waals surface area contributed by atoms with E-state index in [0.29, 0.717) is 27.5 Å². The second-order valence-corrected chi connectivity index (χ2v) is 8.24. The summed E-state index contributed by atoms with van der Waals surface area (Å²) in [6, 6.07) is 7.42. The first-order valence-electron chi connectivity index (χ1n) is 6.83. The van der Waals surface area contributed by atoms with Gasteiger partial charge in [-0.25, -0.2) is 4.98 Å². The summed E-state index contributed by atoms with van der Waals surface area (Å²) >= 11 is 10.0. The van der Waals surface area contributed by atoms with Crippen molar-refractivity contribution in [3.8, 4) is 11.3 Å². The van der Waals surface area contributed by atoms with Crippen LogP contribution in [-0.4, -0.2) is 26.8 Å². The monoisotopic (exact) mass is 397 g/mol. The predicted molar refractivity (Wildman–Crippen MR) is 101 cm³/mol. The Bertz CT molecular complexity index is 833. The number of nitrogens with one attached hydrogen (secondary N) is 1. The van der Waals surface area contributed by atoms with E-state index in [1.807, 2.05) is 29.6 Å². The van der Waals surface area contributed by atoms with Gasteiger partial charge in [-0.05, 0) is 12.1 Å². The number of benzene rings is 1. The lowest BCUT2D eigenvalue weighted by Gasteiger charge is -2.00. The van der Waals surface area contributed by atoms with Crippen molar-refractivity contribution in [1.82, 2.24) is 15.2 Å². The van der Waals surface area contributed by atoms with Gasteiger partial charge in [0.1, 0.15) is 0 Å². The Kier molecular flexibility index (Phi) is 5.67. The molecule has 1 aromatic carbocycles. The lowest BCUT2D eigenvalue weighted by Crippen LogP contribution is -2.11. The Labute approximate surface area is 155 Å². The van der Waals surface area contributed by atoms with Gasteiger partial charge in [0.25, 0.3) is 0 Å². The zero-order chi connectivity index (χ0) is 16.9. The predicted octanol–water partition coefficient (Wildman–Crippen LogP) is 4.02. The van der Waals surface area contributed by atoms with Crippen molar-refractivity contribution in [3.05, 3.63) is 34.7 Å². The maximum atomic E-state index is 12.0. The first kappa shape index (κ1) is 17.2. The molecule has 0 spiro atoms. The van der Waals surface area contributed by atoms with Crippen molar-refractivity contribution in [1.29, 1.82) is 0 Å². The van der Waals surface area contributed by atoms with Crippen LogP contribution >= 0.6 is 46.0 Å². The Balaban J connectivity index is 1.50. The van der Waals surface area contributed by atoms with Crippen LogP contribution in [0.25, 0.3) is 11.3 Å². The fraction of sp³-hybridized carbons (Fsp3) is 0.143. The number of nitrogen functional groups attached to an aromatic ring is 1. The Hall–Kier alpha value is -1.68. The van der Waals surface area contributed by atoms with Crippen molar-refractivity contribution >= 4 is 62.2 Å². The molecule has 0 atom stereocenters. The average Bonchev–Trinajstić information content (AvgIpc) is 3.17. The van der Waals surface area contributed by atoms with Crippen molar-refractivity contribution in [2.75, 3.05) is 16.8 Å². The topological polar surface area (TPSA) is 93.8 Å². The van der Waals surface area contributed by atoms with E-state index in [1.165, 1.54) is 34.4 Å². The van der Waals surface area contributed by atoms with Gasteiger partial charge >= 0.3 is 0 Å². The molecule has 0 aliphatic heterocycles. The van der Waals surface area contributed by atoms with E-state index >= 15 is 0 Å². The number of halogens is 1.